The molecule has 0 aliphatic carbocycles. The van der Waals surface area contributed by atoms with Crippen molar-refractivity contribution in [3.05, 3.63) is 53.3 Å². The molecule has 0 spiro atoms. The third-order valence-corrected chi connectivity index (χ3v) is 3.44. The number of methoxy groups -OCH3 is 1. The normalized spacial score (nSPS) is 12.0. The van der Waals surface area contributed by atoms with E-state index in [0.29, 0.717) is 12.3 Å². The number of ether oxygens (including phenoxy) is 1. The maximum atomic E-state index is 10.1. The van der Waals surface area contributed by atoms with Crippen LogP contribution in [0.15, 0.2) is 36.4 Å². The Hall–Kier alpha value is -2.07. The molecule has 2 aromatic rings. The molecule has 112 valence electrons. The van der Waals surface area contributed by atoms with Gasteiger partial charge in [-0.15, -0.1) is 0 Å². The lowest BCUT2D eigenvalue weighted by molar-refractivity contribution is 0.194. The van der Waals surface area contributed by atoms with E-state index in [0.717, 1.165) is 22.6 Å². The molecule has 0 amide bonds. The molecule has 0 aliphatic rings. The molecule has 2 rings (SSSR count). The molecule has 1 N–H and O–H groups in total. The number of aliphatic hydroxyl groups excluding tert-OH is 1. The number of aliphatic hydroxyl groups is 1. The minimum Gasteiger partial charge on any atom is -0.496 e. The van der Waals surface area contributed by atoms with Crippen molar-refractivity contribution in [2.75, 3.05) is 19.1 Å². The fourth-order valence-electron chi connectivity index (χ4n) is 2.48. The van der Waals surface area contributed by atoms with Gasteiger partial charge in [0.2, 0.25) is 0 Å². The molecule has 0 saturated heterocycles. The molecule has 0 saturated carbocycles. The fraction of sp³-hybridized carbons (Fsp3) is 0.353. The van der Waals surface area contributed by atoms with E-state index in [-0.39, 0.29) is 0 Å². The lowest BCUT2D eigenvalue weighted by Gasteiger charge is -2.25. The molecule has 21 heavy (non-hydrogen) atoms. The van der Waals surface area contributed by atoms with E-state index >= 15 is 0 Å². The summed E-state index contributed by atoms with van der Waals surface area (Å²) < 4.78 is 5.36. The first-order valence-electron chi connectivity index (χ1n) is 7.01. The van der Waals surface area contributed by atoms with Crippen LogP contribution in [0.25, 0.3) is 0 Å². The first kappa shape index (κ1) is 15.3. The van der Waals surface area contributed by atoms with E-state index in [2.05, 4.69) is 9.88 Å². The number of aryl methyl sites for hydroxylation is 1. The Balaban J connectivity index is 2.32. The van der Waals surface area contributed by atoms with Crippen molar-refractivity contribution in [2.24, 2.45) is 0 Å². The van der Waals surface area contributed by atoms with Crippen molar-refractivity contribution in [1.29, 1.82) is 0 Å². The lowest BCUT2D eigenvalue weighted by atomic mass is 10.1. The number of pyridine rings is 1. The summed E-state index contributed by atoms with van der Waals surface area (Å²) in [5.41, 5.74) is 3.75. The molecule has 0 bridgehead atoms. The maximum absolute atomic E-state index is 10.1. The number of rotatable bonds is 5. The zero-order valence-corrected chi connectivity index (χ0v) is 13.0. The van der Waals surface area contributed by atoms with Crippen LogP contribution in [0.1, 0.15) is 30.0 Å². The zero-order valence-electron chi connectivity index (χ0n) is 13.0. The molecule has 1 heterocycles. The van der Waals surface area contributed by atoms with Crippen LogP contribution >= 0.6 is 0 Å². The Morgan fingerprint density at radius 1 is 1.24 bits per heavy atom. The largest absolute Gasteiger partial charge is 0.496 e. The number of hydrogen-bond acceptors (Lipinski definition) is 4. The van der Waals surface area contributed by atoms with E-state index in [1.807, 2.05) is 50.4 Å². The van der Waals surface area contributed by atoms with Gasteiger partial charge >= 0.3 is 0 Å². The smallest absolute Gasteiger partial charge is 0.126 e. The summed E-state index contributed by atoms with van der Waals surface area (Å²) in [6, 6.07) is 11.8. The van der Waals surface area contributed by atoms with Gasteiger partial charge in [-0.2, -0.15) is 0 Å². The Morgan fingerprint density at radius 2 is 1.95 bits per heavy atom. The molecule has 0 radical (unpaired) electrons. The molecule has 0 aliphatic heterocycles. The van der Waals surface area contributed by atoms with E-state index in [4.69, 9.17) is 4.74 Å². The summed E-state index contributed by atoms with van der Waals surface area (Å²) in [6.07, 6.45) is -0.593. The van der Waals surface area contributed by atoms with Gasteiger partial charge in [-0.25, -0.2) is 0 Å². The molecule has 1 aromatic heterocycles. The molecule has 0 fully saturated rings. The van der Waals surface area contributed by atoms with Crippen LogP contribution in [0.3, 0.4) is 0 Å². The summed E-state index contributed by atoms with van der Waals surface area (Å²) in [4.78, 5) is 6.60. The highest BCUT2D eigenvalue weighted by atomic mass is 16.5. The highest BCUT2D eigenvalue weighted by Crippen LogP contribution is 2.34. The topological polar surface area (TPSA) is 45.6 Å². The van der Waals surface area contributed by atoms with Crippen LogP contribution in [-0.4, -0.2) is 24.2 Å². The molecule has 1 aromatic carbocycles. The number of nitrogens with zero attached hydrogens (tertiary/aromatic N) is 2. The summed E-state index contributed by atoms with van der Waals surface area (Å²) in [7, 11) is 3.61. The van der Waals surface area contributed by atoms with Crippen molar-refractivity contribution < 1.29 is 9.84 Å². The Morgan fingerprint density at radius 3 is 2.57 bits per heavy atom. The van der Waals surface area contributed by atoms with Gasteiger partial charge in [-0.3, -0.25) is 4.98 Å². The van der Waals surface area contributed by atoms with Gasteiger partial charge in [0, 0.05) is 24.0 Å². The van der Waals surface area contributed by atoms with Gasteiger partial charge in [-0.05, 0) is 38.1 Å². The summed E-state index contributed by atoms with van der Waals surface area (Å²) in [6.45, 7) is 4.41. The van der Waals surface area contributed by atoms with Crippen molar-refractivity contribution in [3.63, 3.8) is 0 Å². The first-order chi connectivity index (χ1) is 10.0. The quantitative estimate of drug-likeness (QED) is 0.917. The SMILES string of the molecule is COc1cccc(N(C)Cc2cccc(C)n2)c1[C@H](C)O. The van der Waals surface area contributed by atoms with Gasteiger partial charge in [0.1, 0.15) is 5.75 Å². The highest BCUT2D eigenvalue weighted by molar-refractivity contribution is 5.60. The fourth-order valence-corrected chi connectivity index (χ4v) is 2.48. The van der Waals surface area contributed by atoms with Crippen molar-refractivity contribution in [1.82, 2.24) is 4.98 Å². The van der Waals surface area contributed by atoms with Gasteiger partial charge in [-0.1, -0.05) is 12.1 Å². The van der Waals surface area contributed by atoms with Gasteiger partial charge in [0.15, 0.2) is 0 Å². The molecule has 0 unspecified atom stereocenters. The van der Waals surface area contributed by atoms with E-state index < -0.39 is 6.10 Å². The zero-order chi connectivity index (χ0) is 15.4. The third kappa shape index (κ3) is 3.52. The highest BCUT2D eigenvalue weighted by Gasteiger charge is 2.17. The van der Waals surface area contributed by atoms with Crippen LogP contribution in [-0.2, 0) is 6.54 Å². The second kappa shape index (κ2) is 6.59. The van der Waals surface area contributed by atoms with E-state index in [1.165, 1.54) is 0 Å². The third-order valence-electron chi connectivity index (χ3n) is 3.44. The molecule has 1 atom stereocenters. The standard InChI is InChI=1S/C17H22N2O2/c1-12-7-5-8-14(18-12)11-19(3)15-9-6-10-16(21-4)17(15)13(2)20/h5-10,13,20H,11H2,1-4H3/t13-/m0/s1. The first-order valence-corrected chi connectivity index (χ1v) is 7.01. The monoisotopic (exact) mass is 286 g/mol. The van der Waals surface area contributed by atoms with Crippen LogP contribution in [0, 0.1) is 6.92 Å². The molecular formula is C17H22N2O2. The minimum atomic E-state index is -0.593. The Kier molecular flexibility index (Phi) is 4.81. The average Bonchev–Trinajstić information content (AvgIpc) is 2.46. The second-order valence-corrected chi connectivity index (χ2v) is 5.20. The van der Waals surface area contributed by atoms with Crippen molar-refractivity contribution in [3.8, 4) is 5.75 Å². The number of hydrogen-bond donors (Lipinski definition) is 1. The predicted molar refractivity (Wildman–Crippen MR) is 84.7 cm³/mol. The van der Waals surface area contributed by atoms with Crippen LogP contribution in [0.2, 0.25) is 0 Å². The summed E-state index contributed by atoms with van der Waals surface area (Å²) >= 11 is 0. The molecular weight excluding hydrogens is 264 g/mol. The lowest BCUT2D eigenvalue weighted by Crippen LogP contribution is -2.20. The second-order valence-electron chi connectivity index (χ2n) is 5.20. The summed E-state index contributed by atoms with van der Waals surface area (Å²) in [5, 5.41) is 10.1. The summed E-state index contributed by atoms with van der Waals surface area (Å²) in [5.74, 6) is 0.701. The van der Waals surface area contributed by atoms with Gasteiger partial charge in [0.05, 0.1) is 25.5 Å². The van der Waals surface area contributed by atoms with Crippen LogP contribution < -0.4 is 9.64 Å². The Labute approximate surface area is 126 Å². The number of aromatic nitrogens is 1. The Bertz CT molecular complexity index is 611. The molecule has 4 nitrogen and oxygen atoms in total. The van der Waals surface area contributed by atoms with Crippen molar-refractivity contribution >= 4 is 5.69 Å². The van der Waals surface area contributed by atoms with E-state index in [9.17, 15) is 5.11 Å². The predicted octanol–water partition coefficient (Wildman–Crippen LogP) is 3.09. The average molecular weight is 286 g/mol. The van der Waals surface area contributed by atoms with Crippen molar-refractivity contribution in [2.45, 2.75) is 26.5 Å². The van der Waals surface area contributed by atoms with Crippen LogP contribution in [0.5, 0.6) is 5.75 Å². The van der Waals surface area contributed by atoms with Crippen LogP contribution in [0.4, 0.5) is 5.69 Å². The maximum Gasteiger partial charge on any atom is 0.126 e. The van der Waals surface area contributed by atoms with Gasteiger partial charge in [0.25, 0.3) is 0 Å². The number of anilines is 1. The van der Waals surface area contributed by atoms with Gasteiger partial charge < -0.3 is 14.7 Å². The number of benzene rings is 1. The minimum absolute atomic E-state index is 0.593. The van der Waals surface area contributed by atoms with E-state index in [1.54, 1.807) is 14.0 Å². The molecule has 4 heteroatoms.